The first-order valence-electron chi connectivity index (χ1n) is 5.52. The van der Waals surface area contributed by atoms with Crippen molar-refractivity contribution in [2.24, 2.45) is 5.73 Å². The van der Waals surface area contributed by atoms with Crippen LogP contribution in [0, 0.1) is 0 Å². The lowest BCUT2D eigenvalue weighted by Gasteiger charge is -2.35. The molecule has 0 aliphatic carbocycles. The molecule has 2 unspecified atom stereocenters. The van der Waals surface area contributed by atoms with E-state index in [-0.39, 0.29) is 0 Å². The minimum atomic E-state index is 0.295. The highest BCUT2D eigenvalue weighted by Crippen LogP contribution is 2.37. The zero-order valence-corrected chi connectivity index (χ0v) is 11.6. The number of piperidine rings is 1. The quantitative estimate of drug-likeness (QED) is 0.897. The summed E-state index contributed by atoms with van der Waals surface area (Å²) < 4.78 is 1.56. The minimum Gasteiger partial charge on any atom is -0.327 e. The van der Waals surface area contributed by atoms with E-state index in [1.165, 1.54) is 17.8 Å². The van der Waals surface area contributed by atoms with Crippen LogP contribution >= 0.6 is 34.5 Å². The molecule has 2 atom stereocenters. The van der Waals surface area contributed by atoms with Crippen LogP contribution in [0.15, 0.2) is 6.07 Å². The van der Waals surface area contributed by atoms with Gasteiger partial charge in [-0.25, -0.2) is 0 Å². The van der Waals surface area contributed by atoms with Crippen LogP contribution in [0.5, 0.6) is 0 Å². The summed E-state index contributed by atoms with van der Waals surface area (Å²) in [6, 6.07) is 2.57. The highest BCUT2D eigenvalue weighted by Gasteiger charge is 2.24. The van der Waals surface area contributed by atoms with Crippen LogP contribution in [-0.4, -0.2) is 24.0 Å². The Morgan fingerprint density at radius 2 is 2.31 bits per heavy atom. The molecule has 1 aromatic rings. The third-order valence-electron chi connectivity index (χ3n) is 3.17. The summed E-state index contributed by atoms with van der Waals surface area (Å²) in [5.41, 5.74) is 7.12. The van der Waals surface area contributed by atoms with Crippen molar-refractivity contribution in [2.75, 3.05) is 13.1 Å². The Morgan fingerprint density at radius 1 is 1.56 bits per heavy atom. The highest BCUT2D eigenvalue weighted by molar-refractivity contribution is 7.20. The van der Waals surface area contributed by atoms with Crippen molar-refractivity contribution in [2.45, 2.75) is 31.8 Å². The lowest BCUT2D eigenvalue weighted by Crippen LogP contribution is -2.43. The van der Waals surface area contributed by atoms with E-state index < -0.39 is 0 Å². The Hall–Kier alpha value is 0.200. The maximum atomic E-state index is 6.17. The number of nitrogens with zero attached hydrogens (tertiary/aromatic N) is 1. The van der Waals surface area contributed by atoms with E-state index in [0.717, 1.165) is 33.7 Å². The van der Waals surface area contributed by atoms with Gasteiger partial charge in [0.2, 0.25) is 0 Å². The van der Waals surface area contributed by atoms with Gasteiger partial charge in [0.25, 0.3) is 0 Å². The number of halogens is 2. The van der Waals surface area contributed by atoms with Crippen LogP contribution in [-0.2, 0) is 0 Å². The predicted octanol–water partition coefficient (Wildman–Crippen LogP) is 3.54. The molecule has 2 rings (SSSR count). The molecule has 0 spiro atoms. The third kappa shape index (κ3) is 2.71. The number of nitrogens with two attached hydrogens (primary N) is 1. The van der Waals surface area contributed by atoms with Crippen molar-refractivity contribution >= 4 is 34.5 Å². The van der Waals surface area contributed by atoms with Crippen LogP contribution in [0.1, 0.15) is 31.4 Å². The Balaban J connectivity index is 2.11. The van der Waals surface area contributed by atoms with E-state index in [1.807, 2.05) is 6.07 Å². The second-order valence-corrected chi connectivity index (χ2v) is 6.64. The van der Waals surface area contributed by atoms with Gasteiger partial charge in [-0.3, -0.25) is 4.90 Å². The first-order valence-corrected chi connectivity index (χ1v) is 7.09. The zero-order valence-electron chi connectivity index (χ0n) is 9.25. The third-order valence-corrected chi connectivity index (χ3v) is 4.69. The van der Waals surface area contributed by atoms with Crippen LogP contribution in [0.25, 0.3) is 0 Å². The average molecular weight is 279 g/mol. The summed E-state index contributed by atoms with van der Waals surface area (Å²) in [5, 5.41) is 0. The molecule has 1 saturated heterocycles. The summed E-state index contributed by atoms with van der Waals surface area (Å²) in [5.74, 6) is 0. The molecular weight excluding hydrogens is 263 g/mol. The predicted molar refractivity (Wildman–Crippen MR) is 71.5 cm³/mol. The molecule has 2 heterocycles. The highest BCUT2D eigenvalue weighted by atomic mass is 35.5. The van der Waals surface area contributed by atoms with Gasteiger partial charge in [0, 0.05) is 24.2 Å². The molecule has 1 aromatic heterocycles. The van der Waals surface area contributed by atoms with Crippen LogP contribution in [0.2, 0.25) is 8.67 Å². The zero-order chi connectivity index (χ0) is 11.7. The molecule has 0 aromatic carbocycles. The first-order chi connectivity index (χ1) is 7.58. The molecule has 5 heteroatoms. The summed E-state index contributed by atoms with van der Waals surface area (Å²) in [7, 11) is 0. The first kappa shape index (κ1) is 12.7. The van der Waals surface area contributed by atoms with E-state index in [4.69, 9.17) is 28.9 Å². The molecule has 0 radical (unpaired) electrons. The van der Waals surface area contributed by atoms with Gasteiger partial charge in [0.05, 0.1) is 8.67 Å². The number of hydrogen-bond acceptors (Lipinski definition) is 3. The molecule has 2 N–H and O–H groups in total. The van der Waals surface area contributed by atoms with Crippen LogP contribution in [0.3, 0.4) is 0 Å². The average Bonchev–Trinajstić information content (AvgIpc) is 2.57. The number of rotatable bonds is 2. The maximum Gasteiger partial charge on any atom is 0.0991 e. The summed E-state index contributed by atoms with van der Waals surface area (Å²) in [6.45, 7) is 4.21. The van der Waals surface area contributed by atoms with Gasteiger partial charge in [-0.1, -0.05) is 23.2 Å². The van der Waals surface area contributed by atoms with E-state index >= 15 is 0 Å². The van der Waals surface area contributed by atoms with Gasteiger partial charge < -0.3 is 5.73 Å². The largest absolute Gasteiger partial charge is 0.327 e. The number of hydrogen-bond donors (Lipinski definition) is 1. The Kier molecular flexibility index (Phi) is 4.14. The fraction of sp³-hybridized carbons (Fsp3) is 0.636. The van der Waals surface area contributed by atoms with Crippen molar-refractivity contribution in [3.63, 3.8) is 0 Å². The molecule has 1 aliphatic rings. The SMILES string of the molecule is CC(c1cc(Cl)sc1Cl)N1CCCC(N)C1. The fourth-order valence-electron chi connectivity index (χ4n) is 2.23. The Labute approximate surface area is 110 Å². The van der Waals surface area contributed by atoms with Gasteiger partial charge in [0.15, 0.2) is 0 Å². The Morgan fingerprint density at radius 3 is 2.88 bits per heavy atom. The molecule has 2 nitrogen and oxygen atoms in total. The molecular formula is C11H16Cl2N2S. The Bertz CT molecular complexity index is 367. The number of likely N-dealkylation sites (tertiary alicyclic amines) is 1. The topological polar surface area (TPSA) is 29.3 Å². The van der Waals surface area contributed by atoms with Crippen molar-refractivity contribution < 1.29 is 0 Å². The normalized spacial score (nSPS) is 24.6. The number of thiophene rings is 1. The van der Waals surface area contributed by atoms with Gasteiger partial charge in [0.1, 0.15) is 0 Å². The van der Waals surface area contributed by atoms with Gasteiger partial charge in [-0.2, -0.15) is 0 Å². The summed E-state index contributed by atoms with van der Waals surface area (Å²) in [6.07, 6.45) is 2.29. The second-order valence-electron chi connectivity index (χ2n) is 4.35. The van der Waals surface area contributed by atoms with E-state index in [9.17, 15) is 0 Å². The molecule has 1 aliphatic heterocycles. The van der Waals surface area contributed by atoms with Crippen molar-refractivity contribution in [3.8, 4) is 0 Å². The maximum absolute atomic E-state index is 6.17. The van der Waals surface area contributed by atoms with Crippen molar-refractivity contribution in [1.29, 1.82) is 0 Å². The lowest BCUT2D eigenvalue weighted by atomic mass is 10.0. The molecule has 90 valence electrons. The lowest BCUT2D eigenvalue weighted by molar-refractivity contribution is 0.160. The summed E-state index contributed by atoms with van der Waals surface area (Å²) >= 11 is 13.6. The molecule has 1 fully saturated rings. The standard InChI is InChI=1S/C11H16Cl2N2S/c1-7(9-5-10(12)16-11(9)13)15-4-2-3-8(14)6-15/h5,7-8H,2-4,6,14H2,1H3. The van der Waals surface area contributed by atoms with Crippen molar-refractivity contribution in [3.05, 3.63) is 20.3 Å². The fourth-order valence-corrected chi connectivity index (χ4v) is 3.86. The summed E-state index contributed by atoms with van der Waals surface area (Å²) in [4.78, 5) is 2.39. The molecule has 0 amide bonds. The van der Waals surface area contributed by atoms with Gasteiger partial charge in [-0.05, 0) is 32.4 Å². The van der Waals surface area contributed by atoms with Crippen molar-refractivity contribution in [1.82, 2.24) is 4.90 Å². The smallest absolute Gasteiger partial charge is 0.0991 e. The molecule has 16 heavy (non-hydrogen) atoms. The van der Waals surface area contributed by atoms with Crippen LogP contribution < -0.4 is 5.73 Å². The minimum absolute atomic E-state index is 0.295. The molecule has 0 bridgehead atoms. The van der Waals surface area contributed by atoms with Crippen LogP contribution in [0.4, 0.5) is 0 Å². The van der Waals surface area contributed by atoms with E-state index in [0.29, 0.717) is 12.1 Å². The van der Waals surface area contributed by atoms with Gasteiger partial charge >= 0.3 is 0 Å². The monoisotopic (exact) mass is 278 g/mol. The second kappa shape index (κ2) is 5.23. The van der Waals surface area contributed by atoms with E-state index in [1.54, 1.807) is 0 Å². The van der Waals surface area contributed by atoms with E-state index in [2.05, 4.69) is 11.8 Å². The van der Waals surface area contributed by atoms with Gasteiger partial charge in [-0.15, -0.1) is 11.3 Å². The molecule has 0 saturated carbocycles.